The molecule has 1 amide bonds. The molecule has 0 heterocycles. The van der Waals surface area contributed by atoms with Crippen molar-refractivity contribution in [2.24, 2.45) is 0 Å². The van der Waals surface area contributed by atoms with Crippen LogP contribution in [0, 0.1) is 5.82 Å². The first-order chi connectivity index (χ1) is 9.51. The van der Waals surface area contributed by atoms with Crippen LogP contribution in [0.4, 0.5) is 21.5 Å². The van der Waals surface area contributed by atoms with Crippen LogP contribution in [-0.2, 0) is 0 Å². The fraction of sp³-hybridized carbons (Fsp3) is 0.0714. The van der Waals surface area contributed by atoms with Crippen LogP contribution in [0.3, 0.4) is 0 Å². The summed E-state index contributed by atoms with van der Waals surface area (Å²) in [7, 11) is 1.55. The van der Waals surface area contributed by atoms with Crippen molar-refractivity contribution < 1.29 is 9.18 Å². The standard InChI is InChI=1S/C14H13BrFN3O/c1-18-14(20)8-2-5-12(11(17)6-8)19-13-7-9(16)3-4-10(13)15/h2-7,19H,17H2,1H3,(H,18,20). The number of hydrogen-bond acceptors (Lipinski definition) is 3. The van der Waals surface area contributed by atoms with E-state index < -0.39 is 0 Å². The molecule has 0 bridgehead atoms. The number of amides is 1. The Bertz CT molecular complexity index is 661. The molecular formula is C14H13BrFN3O. The highest BCUT2D eigenvalue weighted by atomic mass is 79.9. The van der Waals surface area contributed by atoms with Gasteiger partial charge in [0, 0.05) is 17.1 Å². The highest BCUT2D eigenvalue weighted by molar-refractivity contribution is 9.10. The molecule has 0 unspecified atom stereocenters. The first kappa shape index (κ1) is 14.3. The van der Waals surface area contributed by atoms with Crippen LogP contribution >= 0.6 is 15.9 Å². The summed E-state index contributed by atoms with van der Waals surface area (Å²) < 4.78 is 13.9. The van der Waals surface area contributed by atoms with E-state index in [0.717, 1.165) is 0 Å². The molecule has 4 nitrogen and oxygen atoms in total. The highest BCUT2D eigenvalue weighted by Gasteiger charge is 2.08. The Labute approximate surface area is 124 Å². The van der Waals surface area contributed by atoms with Crippen LogP contribution in [0.1, 0.15) is 10.4 Å². The summed E-state index contributed by atoms with van der Waals surface area (Å²) in [6.07, 6.45) is 0. The number of benzene rings is 2. The van der Waals surface area contributed by atoms with Crippen molar-refractivity contribution in [3.05, 3.63) is 52.3 Å². The molecule has 0 saturated carbocycles. The Morgan fingerprint density at radius 1 is 1.20 bits per heavy atom. The minimum absolute atomic E-state index is 0.213. The van der Waals surface area contributed by atoms with Crippen molar-refractivity contribution in [3.8, 4) is 0 Å². The van der Waals surface area contributed by atoms with E-state index in [1.54, 1.807) is 31.3 Å². The Morgan fingerprint density at radius 2 is 1.95 bits per heavy atom. The maximum Gasteiger partial charge on any atom is 0.251 e. The van der Waals surface area contributed by atoms with E-state index in [-0.39, 0.29) is 11.7 Å². The van der Waals surface area contributed by atoms with Gasteiger partial charge in [-0.2, -0.15) is 0 Å². The molecule has 4 N–H and O–H groups in total. The molecule has 0 aromatic heterocycles. The van der Waals surface area contributed by atoms with Gasteiger partial charge in [0.1, 0.15) is 5.82 Å². The first-order valence-electron chi connectivity index (χ1n) is 5.85. The van der Waals surface area contributed by atoms with Gasteiger partial charge in [0.25, 0.3) is 5.91 Å². The van der Waals surface area contributed by atoms with Crippen LogP contribution in [0.5, 0.6) is 0 Å². The average Bonchev–Trinajstić information content (AvgIpc) is 2.44. The lowest BCUT2D eigenvalue weighted by Gasteiger charge is -2.12. The molecule has 20 heavy (non-hydrogen) atoms. The number of nitrogens with one attached hydrogen (secondary N) is 2. The Kier molecular flexibility index (Phi) is 4.24. The van der Waals surface area contributed by atoms with Crippen LogP contribution < -0.4 is 16.4 Å². The van der Waals surface area contributed by atoms with Crippen molar-refractivity contribution in [1.29, 1.82) is 0 Å². The van der Waals surface area contributed by atoms with E-state index >= 15 is 0 Å². The van der Waals surface area contributed by atoms with Gasteiger partial charge >= 0.3 is 0 Å². The van der Waals surface area contributed by atoms with E-state index in [1.165, 1.54) is 12.1 Å². The van der Waals surface area contributed by atoms with E-state index in [1.807, 2.05) is 0 Å². The van der Waals surface area contributed by atoms with Crippen LogP contribution in [0.25, 0.3) is 0 Å². The summed E-state index contributed by atoms with van der Waals surface area (Å²) in [5.74, 6) is -0.563. The Hall–Kier alpha value is -2.08. The molecule has 0 atom stereocenters. The second-order valence-electron chi connectivity index (χ2n) is 4.13. The second kappa shape index (κ2) is 5.92. The number of rotatable bonds is 3. The minimum Gasteiger partial charge on any atom is -0.397 e. The number of halogens is 2. The molecule has 0 aliphatic rings. The number of carbonyl (C=O) groups is 1. The largest absolute Gasteiger partial charge is 0.397 e. The third-order valence-corrected chi connectivity index (χ3v) is 3.43. The quantitative estimate of drug-likeness (QED) is 0.753. The van der Waals surface area contributed by atoms with Crippen LogP contribution in [0.15, 0.2) is 40.9 Å². The number of nitrogen functional groups attached to an aromatic ring is 1. The van der Waals surface area contributed by atoms with E-state index in [2.05, 4.69) is 26.6 Å². The predicted molar refractivity (Wildman–Crippen MR) is 81.6 cm³/mol. The number of carbonyl (C=O) groups excluding carboxylic acids is 1. The van der Waals surface area contributed by atoms with Gasteiger partial charge in [-0.1, -0.05) is 0 Å². The zero-order valence-corrected chi connectivity index (χ0v) is 12.3. The molecule has 0 fully saturated rings. The number of anilines is 3. The molecule has 0 saturated heterocycles. The summed E-state index contributed by atoms with van der Waals surface area (Å²) in [5.41, 5.74) is 7.93. The van der Waals surface area contributed by atoms with Gasteiger partial charge in [-0.25, -0.2) is 4.39 Å². The minimum atomic E-state index is -0.351. The zero-order valence-electron chi connectivity index (χ0n) is 10.7. The third-order valence-electron chi connectivity index (χ3n) is 2.74. The van der Waals surface area contributed by atoms with Crippen molar-refractivity contribution >= 4 is 38.9 Å². The smallest absolute Gasteiger partial charge is 0.251 e. The molecule has 104 valence electrons. The lowest BCUT2D eigenvalue weighted by atomic mass is 10.1. The summed E-state index contributed by atoms with van der Waals surface area (Å²) in [6, 6.07) is 9.20. The van der Waals surface area contributed by atoms with E-state index in [0.29, 0.717) is 27.1 Å². The number of hydrogen-bond donors (Lipinski definition) is 3. The predicted octanol–water partition coefficient (Wildman–Crippen LogP) is 3.27. The molecular weight excluding hydrogens is 325 g/mol. The molecule has 0 spiro atoms. The number of nitrogens with two attached hydrogens (primary N) is 1. The van der Waals surface area contributed by atoms with Gasteiger partial charge in [0.15, 0.2) is 0 Å². The fourth-order valence-electron chi connectivity index (χ4n) is 1.70. The normalized spacial score (nSPS) is 10.2. The topological polar surface area (TPSA) is 67.2 Å². The van der Waals surface area contributed by atoms with Gasteiger partial charge in [-0.15, -0.1) is 0 Å². The van der Waals surface area contributed by atoms with Gasteiger partial charge < -0.3 is 16.4 Å². The molecule has 2 rings (SSSR count). The van der Waals surface area contributed by atoms with Gasteiger partial charge in [-0.3, -0.25) is 4.79 Å². The van der Waals surface area contributed by atoms with Crippen LogP contribution in [-0.4, -0.2) is 13.0 Å². The van der Waals surface area contributed by atoms with Crippen molar-refractivity contribution in [2.75, 3.05) is 18.1 Å². The first-order valence-corrected chi connectivity index (χ1v) is 6.64. The molecule has 0 aliphatic heterocycles. The Morgan fingerprint density at radius 3 is 2.60 bits per heavy atom. The van der Waals surface area contributed by atoms with E-state index in [4.69, 9.17) is 5.73 Å². The van der Waals surface area contributed by atoms with Crippen molar-refractivity contribution in [1.82, 2.24) is 5.32 Å². The Balaban J connectivity index is 2.30. The maximum absolute atomic E-state index is 13.2. The molecule has 2 aromatic rings. The molecule has 2 aromatic carbocycles. The summed E-state index contributed by atoms with van der Waals surface area (Å²) in [5, 5.41) is 5.54. The van der Waals surface area contributed by atoms with Gasteiger partial charge in [0.05, 0.1) is 17.1 Å². The monoisotopic (exact) mass is 337 g/mol. The van der Waals surface area contributed by atoms with Crippen LogP contribution in [0.2, 0.25) is 0 Å². The molecule has 0 radical (unpaired) electrons. The molecule has 6 heteroatoms. The third kappa shape index (κ3) is 3.08. The average molecular weight is 338 g/mol. The molecule has 0 aliphatic carbocycles. The maximum atomic E-state index is 13.2. The van der Waals surface area contributed by atoms with Gasteiger partial charge in [-0.05, 0) is 52.3 Å². The van der Waals surface area contributed by atoms with Crippen molar-refractivity contribution in [2.45, 2.75) is 0 Å². The highest BCUT2D eigenvalue weighted by Crippen LogP contribution is 2.29. The van der Waals surface area contributed by atoms with E-state index in [9.17, 15) is 9.18 Å². The van der Waals surface area contributed by atoms with Crippen molar-refractivity contribution in [3.63, 3.8) is 0 Å². The summed E-state index contributed by atoms with van der Waals surface area (Å²) >= 11 is 3.33. The lowest BCUT2D eigenvalue weighted by molar-refractivity contribution is 0.0963. The zero-order chi connectivity index (χ0) is 14.7. The lowest BCUT2D eigenvalue weighted by Crippen LogP contribution is -2.17. The SMILES string of the molecule is CNC(=O)c1ccc(Nc2cc(F)ccc2Br)c(N)c1. The van der Waals surface area contributed by atoms with Gasteiger partial charge in [0.2, 0.25) is 0 Å². The summed E-state index contributed by atoms with van der Waals surface area (Å²) in [6.45, 7) is 0. The second-order valence-corrected chi connectivity index (χ2v) is 4.98. The summed E-state index contributed by atoms with van der Waals surface area (Å²) in [4.78, 5) is 11.5. The fourth-order valence-corrected chi connectivity index (χ4v) is 2.05.